The highest BCUT2D eigenvalue weighted by molar-refractivity contribution is 6.29. The van der Waals surface area contributed by atoms with Gasteiger partial charge in [-0.05, 0) is 12.1 Å². The summed E-state index contributed by atoms with van der Waals surface area (Å²) in [5.74, 6) is -1.03. The van der Waals surface area contributed by atoms with Crippen molar-refractivity contribution in [2.45, 2.75) is 12.2 Å². The Hall–Kier alpha value is -1.24. The summed E-state index contributed by atoms with van der Waals surface area (Å²) in [7, 11) is 0. The van der Waals surface area contributed by atoms with Crippen molar-refractivity contribution >= 4 is 17.5 Å². The number of carbonyl (C=O) groups excluding carboxylic acids is 1. The number of carbonyl (C=O) groups is 1. The normalized spacial score (nSPS) is 14.8. The largest absolute Gasteiger partial charge is 0.383 e. The number of aliphatic hydroxyl groups is 2. The van der Waals surface area contributed by atoms with E-state index in [1.807, 2.05) is 0 Å². The summed E-state index contributed by atoms with van der Waals surface area (Å²) in [6, 6.07) is 2.72. The number of nitrogens with zero attached hydrogens (tertiary/aromatic N) is 2. The molecule has 0 spiro atoms. The Kier molecular flexibility index (Phi) is 3.34. The summed E-state index contributed by atoms with van der Waals surface area (Å²) in [6.45, 7) is 0. The molecule has 1 aromatic rings. The van der Waals surface area contributed by atoms with E-state index >= 15 is 0 Å². The molecule has 14 heavy (non-hydrogen) atoms. The molecule has 0 aliphatic heterocycles. The second-order valence-corrected chi connectivity index (χ2v) is 2.96. The first-order chi connectivity index (χ1) is 6.52. The van der Waals surface area contributed by atoms with Crippen LogP contribution in [0.4, 0.5) is 0 Å². The smallest absolute Gasteiger partial charge is 0.249 e. The third-order valence-corrected chi connectivity index (χ3v) is 1.75. The first-order valence-corrected chi connectivity index (χ1v) is 4.04. The standard InChI is InChI=1S/C7H8ClN3O3/c8-4-2-1-3(10-11-4)5(12)6(13)7(9)14/h1-2,5-6,12-13H,(H2,9,14). The second-order valence-electron chi connectivity index (χ2n) is 2.57. The van der Waals surface area contributed by atoms with Gasteiger partial charge in [0.1, 0.15) is 6.10 Å². The van der Waals surface area contributed by atoms with Crippen LogP contribution in [0.3, 0.4) is 0 Å². The van der Waals surface area contributed by atoms with E-state index in [9.17, 15) is 9.90 Å². The molecule has 0 saturated carbocycles. The van der Waals surface area contributed by atoms with Crippen LogP contribution in [0.25, 0.3) is 0 Å². The maximum atomic E-state index is 10.5. The van der Waals surface area contributed by atoms with Crippen molar-refractivity contribution in [1.29, 1.82) is 0 Å². The fourth-order valence-electron chi connectivity index (χ4n) is 0.801. The average molecular weight is 218 g/mol. The SMILES string of the molecule is NC(=O)C(O)C(O)c1ccc(Cl)nn1. The zero-order valence-corrected chi connectivity index (χ0v) is 7.72. The third kappa shape index (κ3) is 2.38. The van der Waals surface area contributed by atoms with Gasteiger partial charge >= 0.3 is 0 Å². The van der Waals surface area contributed by atoms with Crippen molar-refractivity contribution in [1.82, 2.24) is 10.2 Å². The first-order valence-electron chi connectivity index (χ1n) is 3.67. The summed E-state index contributed by atoms with van der Waals surface area (Å²) >= 11 is 5.45. The molecule has 0 fully saturated rings. The highest BCUT2D eigenvalue weighted by atomic mass is 35.5. The Morgan fingerprint density at radius 2 is 2.07 bits per heavy atom. The van der Waals surface area contributed by atoms with Gasteiger partial charge in [-0.2, -0.15) is 5.10 Å². The van der Waals surface area contributed by atoms with Crippen LogP contribution in [-0.4, -0.2) is 32.4 Å². The Morgan fingerprint density at radius 1 is 1.43 bits per heavy atom. The van der Waals surface area contributed by atoms with Crippen molar-refractivity contribution in [3.63, 3.8) is 0 Å². The molecular formula is C7H8ClN3O3. The quantitative estimate of drug-likeness (QED) is 0.602. The van der Waals surface area contributed by atoms with Crippen molar-refractivity contribution in [3.05, 3.63) is 23.0 Å². The monoisotopic (exact) mass is 217 g/mol. The Bertz CT molecular complexity index is 329. The molecule has 0 aliphatic rings. The van der Waals surface area contributed by atoms with Crippen molar-refractivity contribution in [3.8, 4) is 0 Å². The molecule has 1 heterocycles. The molecule has 0 aliphatic carbocycles. The number of aliphatic hydroxyl groups excluding tert-OH is 2. The summed E-state index contributed by atoms with van der Waals surface area (Å²) in [5, 5.41) is 25.5. The fourth-order valence-corrected chi connectivity index (χ4v) is 0.902. The predicted octanol–water partition coefficient (Wildman–Crippen LogP) is -0.990. The van der Waals surface area contributed by atoms with E-state index in [0.717, 1.165) is 0 Å². The molecule has 1 rings (SSSR count). The van der Waals surface area contributed by atoms with E-state index in [4.69, 9.17) is 22.4 Å². The third-order valence-electron chi connectivity index (χ3n) is 1.55. The zero-order chi connectivity index (χ0) is 10.7. The van der Waals surface area contributed by atoms with E-state index < -0.39 is 18.1 Å². The average Bonchev–Trinajstić information content (AvgIpc) is 2.16. The molecule has 6 nitrogen and oxygen atoms in total. The lowest BCUT2D eigenvalue weighted by Crippen LogP contribution is -2.34. The molecule has 76 valence electrons. The molecule has 0 radical (unpaired) electrons. The van der Waals surface area contributed by atoms with Gasteiger partial charge < -0.3 is 15.9 Å². The lowest BCUT2D eigenvalue weighted by Gasteiger charge is -2.12. The fraction of sp³-hybridized carbons (Fsp3) is 0.286. The highest BCUT2D eigenvalue weighted by Crippen LogP contribution is 2.14. The number of amides is 1. The summed E-state index contributed by atoms with van der Waals surface area (Å²) in [5.41, 5.74) is 4.81. The number of halogens is 1. The van der Waals surface area contributed by atoms with Crippen molar-refractivity contribution < 1.29 is 15.0 Å². The number of nitrogens with two attached hydrogens (primary N) is 1. The number of aromatic nitrogens is 2. The van der Waals surface area contributed by atoms with Gasteiger partial charge in [-0.15, -0.1) is 5.10 Å². The zero-order valence-electron chi connectivity index (χ0n) is 6.96. The van der Waals surface area contributed by atoms with E-state index in [2.05, 4.69) is 10.2 Å². The Morgan fingerprint density at radius 3 is 2.50 bits per heavy atom. The predicted molar refractivity (Wildman–Crippen MR) is 47.2 cm³/mol. The van der Waals surface area contributed by atoms with Gasteiger partial charge in [0.15, 0.2) is 11.3 Å². The van der Waals surface area contributed by atoms with Gasteiger partial charge in [-0.25, -0.2) is 0 Å². The van der Waals surface area contributed by atoms with E-state index in [1.54, 1.807) is 0 Å². The molecule has 1 aromatic heterocycles. The summed E-state index contributed by atoms with van der Waals surface area (Å²) in [4.78, 5) is 10.5. The highest BCUT2D eigenvalue weighted by Gasteiger charge is 2.24. The van der Waals surface area contributed by atoms with Gasteiger partial charge in [-0.1, -0.05) is 11.6 Å². The summed E-state index contributed by atoms with van der Waals surface area (Å²) in [6.07, 6.45) is -3.19. The topological polar surface area (TPSA) is 109 Å². The van der Waals surface area contributed by atoms with E-state index in [1.165, 1.54) is 12.1 Å². The van der Waals surface area contributed by atoms with Gasteiger partial charge in [0, 0.05) is 0 Å². The van der Waals surface area contributed by atoms with Crippen molar-refractivity contribution in [2.24, 2.45) is 5.73 Å². The molecule has 1 amide bonds. The minimum Gasteiger partial charge on any atom is -0.383 e. The van der Waals surface area contributed by atoms with E-state index in [0.29, 0.717) is 0 Å². The minimum atomic E-state index is -1.70. The Balaban J connectivity index is 2.84. The molecule has 2 unspecified atom stereocenters. The van der Waals surface area contributed by atoms with Crippen LogP contribution in [-0.2, 0) is 4.79 Å². The molecule has 0 aromatic carbocycles. The molecule has 0 saturated heterocycles. The molecule has 0 bridgehead atoms. The van der Waals surface area contributed by atoms with Crippen LogP contribution in [0.15, 0.2) is 12.1 Å². The van der Waals surface area contributed by atoms with Gasteiger partial charge in [0.2, 0.25) is 5.91 Å². The number of hydrogen-bond acceptors (Lipinski definition) is 5. The number of rotatable bonds is 3. The van der Waals surface area contributed by atoms with Gasteiger partial charge in [0.05, 0.1) is 5.69 Å². The minimum absolute atomic E-state index is 0.0284. The maximum Gasteiger partial charge on any atom is 0.249 e. The lowest BCUT2D eigenvalue weighted by molar-refractivity contribution is -0.132. The van der Waals surface area contributed by atoms with Gasteiger partial charge in [0.25, 0.3) is 0 Å². The van der Waals surface area contributed by atoms with Crippen LogP contribution in [0, 0.1) is 0 Å². The molecule has 4 N–H and O–H groups in total. The summed E-state index contributed by atoms with van der Waals surface area (Å²) < 4.78 is 0. The van der Waals surface area contributed by atoms with Gasteiger partial charge in [-0.3, -0.25) is 4.79 Å². The first kappa shape index (κ1) is 10.8. The van der Waals surface area contributed by atoms with Crippen LogP contribution < -0.4 is 5.73 Å². The lowest BCUT2D eigenvalue weighted by atomic mass is 10.1. The second kappa shape index (κ2) is 4.32. The molecule has 2 atom stereocenters. The maximum absolute atomic E-state index is 10.5. The number of hydrogen-bond donors (Lipinski definition) is 3. The van der Waals surface area contributed by atoms with Crippen LogP contribution in [0.1, 0.15) is 11.8 Å². The molecular weight excluding hydrogens is 210 g/mol. The Labute approximate surface area is 84.3 Å². The van der Waals surface area contributed by atoms with Crippen LogP contribution >= 0.6 is 11.6 Å². The van der Waals surface area contributed by atoms with E-state index in [-0.39, 0.29) is 10.8 Å². The molecule has 7 heteroatoms. The van der Waals surface area contributed by atoms with Crippen LogP contribution in [0.5, 0.6) is 0 Å². The van der Waals surface area contributed by atoms with Crippen molar-refractivity contribution in [2.75, 3.05) is 0 Å². The van der Waals surface area contributed by atoms with Crippen LogP contribution in [0.2, 0.25) is 5.15 Å². The number of primary amides is 1.